The van der Waals surface area contributed by atoms with Gasteiger partial charge in [-0.05, 0) is 25.0 Å². The number of phenolic OH excluding ortho intramolecular Hbond substituents is 1. The Balaban J connectivity index is 2.57. The molecular weight excluding hydrogens is 362 g/mol. The summed E-state index contributed by atoms with van der Waals surface area (Å²) in [4.78, 5) is 38.7. The number of H-pyrrole nitrogens is 1. The number of phenols is 1. The van der Waals surface area contributed by atoms with E-state index in [-0.39, 0.29) is 46.2 Å². The maximum Gasteiger partial charge on any atom is 0.290 e. The Hall–Kier alpha value is -3.23. The maximum atomic E-state index is 12.6. The number of aryl methyl sites for hydroxylation is 1. The topological polar surface area (TPSA) is 119 Å². The third-order valence-electron chi connectivity index (χ3n) is 4.57. The molecule has 1 unspecified atom stereocenters. The second-order valence-corrected chi connectivity index (χ2v) is 7.26. The third kappa shape index (κ3) is 4.19. The minimum atomic E-state index is -0.538. The fraction of sp³-hybridized carbons (Fsp3) is 0.421. The summed E-state index contributed by atoms with van der Waals surface area (Å²) < 4.78 is 1.09. The van der Waals surface area contributed by atoms with Gasteiger partial charge in [0.15, 0.2) is 5.75 Å². The summed E-state index contributed by atoms with van der Waals surface area (Å²) in [6.45, 7) is 5.89. The lowest BCUT2D eigenvalue weighted by molar-refractivity contribution is 0.0824. The second kappa shape index (κ2) is 8.20. The lowest BCUT2D eigenvalue weighted by Gasteiger charge is -2.21. The van der Waals surface area contributed by atoms with E-state index in [2.05, 4.69) is 15.7 Å². The number of rotatable bonds is 6. The van der Waals surface area contributed by atoms with E-state index in [0.29, 0.717) is 0 Å². The van der Waals surface area contributed by atoms with Crippen molar-refractivity contribution in [2.24, 2.45) is 13.0 Å². The molecule has 0 aliphatic carbocycles. The van der Waals surface area contributed by atoms with Gasteiger partial charge in [0.1, 0.15) is 11.4 Å². The average molecular weight is 389 g/mol. The summed E-state index contributed by atoms with van der Waals surface area (Å²) in [6.07, 6.45) is 0. The van der Waals surface area contributed by atoms with Crippen LogP contribution < -0.4 is 21.8 Å². The molecule has 1 heterocycles. The molecule has 1 aromatic carbocycles. The van der Waals surface area contributed by atoms with Crippen molar-refractivity contribution in [2.75, 3.05) is 24.7 Å². The van der Waals surface area contributed by atoms with Gasteiger partial charge >= 0.3 is 0 Å². The van der Waals surface area contributed by atoms with E-state index in [4.69, 9.17) is 0 Å². The van der Waals surface area contributed by atoms with Crippen molar-refractivity contribution in [3.8, 4) is 5.75 Å². The van der Waals surface area contributed by atoms with E-state index < -0.39 is 11.1 Å². The molecule has 0 fully saturated rings. The highest BCUT2D eigenvalue weighted by atomic mass is 16.3. The number of aromatic nitrogens is 2. The van der Waals surface area contributed by atoms with Crippen LogP contribution in [0.15, 0.2) is 27.8 Å². The zero-order chi connectivity index (χ0) is 21.2. The van der Waals surface area contributed by atoms with Crippen molar-refractivity contribution >= 4 is 23.0 Å². The van der Waals surface area contributed by atoms with Crippen LogP contribution in [0.1, 0.15) is 31.1 Å². The van der Waals surface area contributed by atoms with E-state index in [1.807, 2.05) is 20.8 Å². The van der Waals surface area contributed by atoms with E-state index in [1.165, 1.54) is 24.1 Å². The number of hydrogen-bond acceptors (Lipinski definition) is 6. The highest BCUT2D eigenvalue weighted by Crippen LogP contribution is 2.31. The van der Waals surface area contributed by atoms with Crippen LogP contribution in [0.5, 0.6) is 5.75 Å². The number of nitrogens with zero attached hydrogens (tertiary/aromatic N) is 2. The second-order valence-electron chi connectivity index (χ2n) is 7.26. The maximum absolute atomic E-state index is 12.6. The van der Waals surface area contributed by atoms with Crippen molar-refractivity contribution in [2.45, 2.75) is 26.8 Å². The van der Waals surface area contributed by atoms with Gasteiger partial charge in [-0.1, -0.05) is 19.9 Å². The van der Waals surface area contributed by atoms with E-state index in [0.717, 1.165) is 4.68 Å². The normalized spacial score (nSPS) is 12.0. The van der Waals surface area contributed by atoms with Crippen LogP contribution in [0.4, 0.5) is 17.1 Å². The number of hydrogen-bond donors (Lipinski definition) is 4. The van der Waals surface area contributed by atoms with E-state index in [9.17, 15) is 19.5 Å². The van der Waals surface area contributed by atoms with Gasteiger partial charge in [0.25, 0.3) is 17.0 Å². The number of nitrogens with one attached hydrogen (secondary N) is 3. The largest absolute Gasteiger partial charge is 0.505 e. The molecule has 0 aliphatic heterocycles. The number of carbonyl (C=O) groups is 1. The number of anilines is 3. The molecule has 4 N–H and O–H groups in total. The van der Waals surface area contributed by atoms with Crippen LogP contribution in [0.2, 0.25) is 0 Å². The Morgan fingerprint density at radius 3 is 2.39 bits per heavy atom. The van der Waals surface area contributed by atoms with E-state index >= 15 is 0 Å². The first kappa shape index (κ1) is 21.1. The molecule has 1 atom stereocenters. The molecule has 0 spiro atoms. The molecule has 9 nitrogen and oxygen atoms in total. The third-order valence-corrected chi connectivity index (χ3v) is 4.57. The van der Waals surface area contributed by atoms with Crippen LogP contribution in [0.3, 0.4) is 0 Å². The molecule has 0 bridgehead atoms. The Kier molecular flexibility index (Phi) is 6.17. The molecule has 0 aliphatic rings. The van der Waals surface area contributed by atoms with Gasteiger partial charge in [0.2, 0.25) is 0 Å². The lowest BCUT2D eigenvalue weighted by Crippen LogP contribution is -2.35. The molecule has 2 rings (SSSR count). The summed E-state index contributed by atoms with van der Waals surface area (Å²) in [6, 6.07) is 4.51. The van der Waals surface area contributed by atoms with Gasteiger partial charge in [-0.2, -0.15) is 0 Å². The fourth-order valence-electron chi connectivity index (χ4n) is 2.49. The standard InChI is InChI=1S/C19H27N5O4/c1-10(2)11(3)20-15-14(17(26)22-24(6)19(15)28)21-13-9-7-8-12(16(13)25)18(27)23(4)5/h7-11,20-21,25H,1-6H3,(H,22,26). The molecule has 0 radical (unpaired) electrons. The average Bonchev–Trinajstić information content (AvgIpc) is 2.62. The van der Waals surface area contributed by atoms with Crippen LogP contribution in [0, 0.1) is 5.92 Å². The van der Waals surface area contributed by atoms with Crippen LogP contribution in [0.25, 0.3) is 0 Å². The van der Waals surface area contributed by atoms with Crippen LogP contribution in [-0.2, 0) is 7.05 Å². The molecular formula is C19H27N5O4. The number of aromatic amines is 1. The Morgan fingerprint density at radius 2 is 1.82 bits per heavy atom. The van der Waals surface area contributed by atoms with E-state index in [1.54, 1.807) is 20.2 Å². The number of amides is 1. The van der Waals surface area contributed by atoms with Crippen molar-refractivity contribution in [3.63, 3.8) is 0 Å². The van der Waals surface area contributed by atoms with Gasteiger partial charge in [-0.15, -0.1) is 0 Å². The first-order valence-corrected chi connectivity index (χ1v) is 8.95. The summed E-state index contributed by atoms with van der Waals surface area (Å²) in [7, 11) is 4.60. The SMILES string of the molecule is CC(C)C(C)Nc1c(Nc2cccc(C(=O)N(C)C)c2O)c(=O)[nH]n(C)c1=O. The number of carbonyl (C=O) groups excluding carboxylic acids is 1. The van der Waals surface area contributed by atoms with Gasteiger partial charge < -0.3 is 20.6 Å². The highest BCUT2D eigenvalue weighted by molar-refractivity contribution is 5.98. The first-order valence-electron chi connectivity index (χ1n) is 8.95. The van der Waals surface area contributed by atoms with Crippen LogP contribution in [-0.4, -0.2) is 45.8 Å². The molecule has 152 valence electrons. The predicted molar refractivity (Wildman–Crippen MR) is 110 cm³/mol. The molecule has 28 heavy (non-hydrogen) atoms. The zero-order valence-corrected chi connectivity index (χ0v) is 17.0. The molecule has 2 aromatic rings. The first-order chi connectivity index (χ1) is 13.0. The summed E-state index contributed by atoms with van der Waals surface area (Å²) in [5.74, 6) is -0.471. The number of aromatic hydroxyl groups is 1. The van der Waals surface area contributed by atoms with Crippen molar-refractivity contribution < 1.29 is 9.90 Å². The summed E-state index contributed by atoms with van der Waals surface area (Å²) >= 11 is 0. The molecule has 1 amide bonds. The van der Waals surface area contributed by atoms with Crippen molar-refractivity contribution in [1.29, 1.82) is 0 Å². The smallest absolute Gasteiger partial charge is 0.290 e. The highest BCUT2D eigenvalue weighted by Gasteiger charge is 2.21. The zero-order valence-electron chi connectivity index (χ0n) is 17.0. The number of benzene rings is 1. The lowest BCUT2D eigenvalue weighted by atomic mass is 10.1. The Morgan fingerprint density at radius 1 is 1.18 bits per heavy atom. The molecule has 9 heteroatoms. The van der Waals surface area contributed by atoms with Crippen LogP contribution >= 0.6 is 0 Å². The summed E-state index contributed by atoms with van der Waals surface area (Å²) in [5.41, 5.74) is -0.664. The quantitative estimate of drug-likeness (QED) is 0.558. The molecule has 0 saturated carbocycles. The predicted octanol–water partition coefficient (Wildman–Crippen LogP) is 1.68. The Bertz CT molecular complexity index is 991. The minimum absolute atomic E-state index is 0.0275. The molecule has 1 aromatic heterocycles. The van der Waals surface area contributed by atoms with Crippen molar-refractivity contribution in [3.05, 3.63) is 44.5 Å². The van der Waals surface area contributed by atoms with Gasteiger partial charge in [0, 0.05) is 27.2 Å². The van der Waals surface area contributed by atoms with Crippen molar-refractivity contribution in [1.82, 2.24) is 14.7 Å². The minimum Gasteiger partial charge on any atom is -0.505 e. The van der Waals surface area contributed by atoms with Gasteiger partial charge in [-0.3, -0.25) is 24.2 Å². The summed E-state index contributed by atoms with van der Waals surface area (Å²) in [5, 5.41) is 18.9. The monoisotopic (exact) mass is 389 g/mol. The van der Waals surface area contributed by atoms with Gasteiger partial charge in [-0.25, -0.2) is 0 Å². The molecule has 0 saturated heterocycles. The Labute approximate surface area is 163 Å². The van der Waals surface area contributed by atoms with Gasteiger partial charge in [0.05, 0.1) is 11.3 Å². The fourth-order valence-corrected chi connectivity index (χ4v) is 2.49. The number of para-hydroxylation sites is 1.